The van der Waals surface area contributed by atoms with Gasteiger partial charge in [-0.2, -0.15) is 0 Å². The zero-order valence-corrected chi connectivity index (χ0v) is 15.0. The van der Waals surface area contributed by atoms with E-state index >= 15 is 0 Å². The second-order valence-corrected chi connectivity index (χ2v) is 6.47. The Morgan fingerprint density at radius 1 is 1.16 bits per heavy atom. The molecule has 0 aromatic heterocycles. The van der Waals surface area contributed by atoms with Gasteiger partial charge in [-0.25, -0.2) is 4.79 Å². The summed E-state index contributed by atoms with van der Waals surface area (Å²) in [4.78, 5) is 16.8. The fourth-order valence-electron chi connectivity index (χ4n) is 3.34. The molecule has 0 aliphatic carbocycles. The molecule has 1 aliphatic heterocycles. The molecule has 0 bridgehead atoms. The quantitative estimate of drug-likeness (QED) is 0.911. The number of para-hydroxylation sites is 2. The predicted molar refractivity (Wildman–Crippen MR) is 101 cm³/mol. The summed E-state index contributed by atoms with van der Waals surface area (Å²) in [5.74, 6) is 0.831. The van der Waals surface area contributed by atoms with Gasteiger partial charge in [0.1, 0.15) is 5.75 Å². The van der Waals surface area contributed by atoms with Crippen molar-refractivity contribution >= 4 is 17.4 Å². The predicted octanol–water partition coefficient (Wildman–Crippen LogP) is 4.13. The number of methoxy groups -OCH3 is 1. The number of nitrogens with zero attached hydrogens (tertiary/aromatic N) is 2. The summed E-state index contributed by atoms with van der Waals surface area (Å²) in [5, 5.41) is 3.08. The van der Waals surface area contributed by atoms with Gasteiger partial charge in [0.25, 0.3) is 0 Å². The van der Waals surface area contributed by atoms with E-state index in [1.807, 2.05) is 72.4 Å². The Hall–Kier alpha value is -2.69. The number of rotatable bonds is 4. The molecule has 1 aliphatic rings. The number of benzene rings is 2. The minimum Gasteiger partial charge on any atom is -0.497 e. The Morgan fingerprint density at radius 2 is 1.88 bits per heavy atom. The number of nitrogens with one attached hydrogen (secondary N) is 1. The van der Waals surface area contributed by atoms with Crippen molar-refractivity contribution in [3.8, 4) is 5.75 Å². The zero-order chi connectivity index (χ0) is 17.8. The molecule has 3 rings (SSSR count). The van der Waals surface area contributed by atoms with Crippen LogP contribution in [0.4, 0.5) is 16.2 Å². The van der Waals surface area contributed by atoms with Crippen molar-refractivity contribution < 1.29 is 9.53 Å². The molecule has 132 valence electrons. The number of amides is 2. The highest BCUT2D eigenvalue weighted by Gasteiger charge is 2.30. The minimum absolute atomic E-state index is 0.0485. The van der Waals surface area contributed by atoms with Gasteiger partial charge in [0.2, 0.25) is 0 Å². The minimum atomic E-state index is -0.0485. The lowest BCUT2D eigenvalue weighted by molar-refractivity contribution is 0.207. The molecule has 1 heterocycles. The Kier molecular flexibility index (Phi) is 5.12. The summed E-state index contributed by atoms with van der Waals surface area (Å²) in [6.07, 6.45) is 1.99. The highest BCUT2D eigenvalue weighted by atomic mass is 16.5. The van der Waals surface area contributed by atoms with Gasteiger partial charge in [0.15, 0.2) is 0 Å². The molecule has 25 heavy (non-hydrogen) atoms. The summed E-state index contributed by atoms with van der Waals surface area (Å²) >= 11 is 0. The molecule has 0 spiro atoms. The van der Waals surface area contributed by atoms with E-state index in [2.05, 4.69) is 5.32 Å². The number of hydrogen-bond acceptors (Lipinski definition) is 3. The molecule has 0 radical (unpaired) electrons. The Labute approximate surface area is 149 Å². The molecule has 2 aromatic carbocycles. The lowest BCUT2D eigenvalue weighted by atomic mass is 10.0. The van der Waals surface area contributed by atoms with Gasteiger partial charge in [-0.3, -0.25) is 0 Å². The molecular weight excluding hydrogens is 314 g/mol. The van der Waals surface area contributed by atoms with E-state index in [4.69, 9.17) is 4.74 Å². The monoisotopic (exact) mass is 339 g/mol. The third-order valence-electron chi connectivity index (χ3n) is 4.64. The third-order valence-corrected chi connectivity index (χ3v) is 4.64. The van der Waals surface area contributed by atoms with Crippen LogP contribution in [0.15, 0.2) is 48.5 Å². The van der Waals surface area contributed by atoms with E-state index in [0.717, 1.165) is 42.1 Å². The van der Waals surface area contributed by atoms with E-state index in [1.165, 1.54) is 0 Å². The Morgan fingerprint density at radius 3 is 2.56 bits per heavy atom. The number of carbonyl (C=O) groups is 1. The molecule has 1 fully saturated rings. The van der Waals surface area contributed by atoms with Crippen LogP contribution in [-0.4, -0.2) is 38.7 Å². The fourth-order valence-corrected chi connectivity index (χ4v) is 3.34. The van der Waals surface area contributed by atoms with E-state index in [9.17, 15) is 4.79 Å². The van der Waals surface area contributed by atoms with Crippen LogP contribution in [0.3, 0.4) is 0 Å². The van der Waals surface area contributed by atoms with E-state index in [-0.39, 0.29) is 12.1 Å². The number of anilines is 2. The molecule has 1 unspecified atom stereocenters. The van der Waals surface area contributed by atoms with Gasteiger partial charge < -0.3 is 19.9 Å². The largest absolute Gasteiger partial charge is 0.497 e. The Balaban J connectivity index is 1.77. The summed E-state index contributed by atoms with van der Waals surface area (Å²) in [6, 6.07) is 15.9. The van der Waals surface area contributed by atoms with Gasteiger partial charge in [0.05, 0.1) is 24.5 Å². The lowest BCUT2D eigenvalue weighted by Gasteiger charge is -2.26. The maximum atomic E-state index is 12.9. The highest BCUT2D eigenvalue weighted by molar-refractivity contribution is 5.93. The van der Waals surface area contributed by atoms with Crippen molar-refractivity contribution in [2.24, 2.45) is 0 Å². The Bertz CT molecular complexity index is 728. The summed E-state index contributed by atoms with van der Waals surface area (Å²) in [6.45, 7) is 0.770. The molecule has 1 saturated heterocycles. The molecule has 2 amide bonds. The van der Waals surface area contributed by atoms with E-state index in [1.54, 1.807) is 7.11 Å². The number of carbonyl (C=O) groups excluding carboxylic acids is 1. The maximum Gasteiger partial charge on any atom is 0.322 e. The first-order chi connectivity index (χ1) is 12.1. The molecule has 0 saturated carbocycles. The second kappa shape index (κ2) is 7.47. The van der Waals surface area contributed by atoms with Crippen LogP contribution < -0.4 is 15.0 Å². The molecule has 5 heteroatoms. The summed E-state index contributed by atoms with van der Waals surface area (Å²) in [7, 11) is 5.61. The first kappa shape index (κ1) is 17.1. The highest BCUT2D eigenvalue weighted by Crippen LogP contribution is 2.34. The fraction of sp³-hybridized carbons (Fsp3) is 0.350. The topological polar surface area (TPSA) is 44.8 Å². The van der Waals surface area contributed by atoms with Crippen molar-refractivity contribution in [3.63, 3.8) is 0 Å². The van der Waals surface area contributed by atoms with Crippen molar-refractivity contribution in [2.75, 3.05) is 38.0 Å². The summed E-state index contributed by atoms with van der Waals surface area (Å²) < 4.78 is 5.22. The van der Waals surface area contributed by atoms with E-state index < -0.39 is 0 Å². The summed E-state index contributed by atoms with van der Waals surface area (Å²) in [5.41, 5.74) is 2.98. The zero-order valence-electron chi connectivity index (χ0n) is 15.0. The van der Waals surface area contributed by atoms with Crippen molar-refractivity contribution in [3.05, 3.63) is 54.1 Å². The van der Waals surface area contributed by atoms with Crippen molar-refractivity contribution in [2.45, 2.75) is 18.9 Å². The molecule has 1 N–H and O–H groups in total. The number of ether oxygens (including phenoxy) is 1. The second-order valence-electron chi connectivity index (χ2n) is 6.47. The van der Waals surface area contributed by atoms with Gasteiger partial charge in [0, 0.05) is 20.6 Å². The third kappa shape index (κ3) is 3.71. The van der Waals surface area contributed by atoms with Crippen LogP contribution in [-0.2, 0) is 0 Å². The van der Waals surface area contributed by atoms with Crippen LogP contribution >= 0.6 is 0 Å². The van der Waals surface area contributed by atoms with Crippen LogP contribution in [0.1, 0.15) is 24.4 Å². The van der Waals surface area contributed by atoms with Crippen LogP contribution in [0.5, 0.6) is 5.75 Å². The van der Waals surface area contributed by atoms with Gasteiger partial charge in [-0.15, -0.1) is 0 Å². The van der Waals surface area contributed by atoms with Crippen LogP contribution in [0, 0.1) is 0 Å². The van der Waals surface area contributed by atoms with Gasteiger partial charge in [-0.1, -0.05) is 24.3 Å². The number of likely N-dealkylation sites (tertiary alicyclic amines) is 1. The van der Waals surface area contributed by atoms with Gasteiger partial charge in [-0.05, 0) is 42.7 Å². The van der Waals surface area contributed by atoms with Crippen LogP contribution in [0.2, 0.25) is 0 Å². The smallest absolute Gasteiger partial charge is 0.322 e. The van der Waals surface area contributed by atoms with Crippen LogP contribution in [0.25, 0.3) is 0 Å². The van der Waals surface area contributed by atoms with E-state index in [0.29, 0.717) is 0 Å². The average molecular weight is 339 g/mol. The number of urea groups is 1. The van der Waals surface area contributed by atoms with Gasteiger partial charge >= 0.3 is 6.03 Å². The van der Waals surface area contributed by atoms with Crippen molar-refractivity contribution in [1.82, 2.24) is 4.90 Å². The first-order valence-corrected chi connectivity index (χ1v) is 8.58. The first-order valence-electron chi connectivity index (χ1n) is 8.58. The maximum absolute atomic E-state index is 12.9. The normalized spacial score (nSPS) is 16.6. The molecule has 2 aromatic rings. The molecule has 5 nitrogen and oxygen atoms in total. The van der Waals surface area contributed by atoms with Crippen molar-refractivity contribution in [1.29, 1.82) is 0 Å². The lowest BCUT2D eigenvalue weighted by Crippen LogP contribution is -2.34. The molecule has 1 atom stereocenters. The SMILES string of the molecule is COc1ccc(C2CCCN2C(=O)Nc2ccccc2N(C)C)cc1. The average Bonchev–Trinajstić information content (AvgIpc) is 3.12. The number of hydrogen-bond donors (Lipinski definition) is 1. The molecular formula is C20H25N3O2. The standard InChI is InChI=1S/C20H25N3O2/c1-22(2)19-8-5-4-7-17(19)21-20(24)23-14-6-9-18(23)15-10-12-16(25-3)13-11-15/h4-5,7-8,10-13,18H,6,9,14H2,1-3H3,(H,21,24).